The summed E-state index contributed by atoms with van der Waals surface area (Å²) in [5.74, 6) is 0.252. The molecule has 0 N–H and O–H groups in total. The summed E-state index contributed by atoms with van der Waals surface area (Å²) < 4.78 is 13.5. The number of carbonyl (C=O) groups is 1. The van der Waals surface area contributed by atoms with Gasteiger partial charge in [0.25, 0.3) is 0 Å². The average Bonchev–Trinajstić information content (AvgIpc) is 2.16. The Hall–Kier alpha value is -1.38. The Morgan fingerprint density at radius 2 is 2.13 bits per heavy atom. The Morgan fingerprint density at radius 3 is 2.80 bits per heavy atom. The highest BCUT2D eigenvalue weighted by atomic mass is 19.1. The van der Waals surface area contributed by atoms with Crippen LogP contribution in [-0.2, 0) is 4.79 Å². The maximum absolute atomic E-state index is 13.5. The van der Waals surface area contributed by atoms with Crippen molar-refractivity contribution in [3.63, 3.8) is 0 Å². The van der Waals surface area contributed by atoms with Gasteiger partial charge in [-0.25, -0.2) is 4.39 Å². The van der Waals surface area contributed by atoms with Crippen molar-refractivity contribution >= 4 is 11.5 Å². The molecule has 1 saturated heterocycles. The molecule has 3 heteroatoms. The largest absolute Gasteiger partial charge is 0.362 e. The van der Waals surface area contributed by atoms with Gasteiger partial charge in [0.05, 0.1) is 12.2 Å². The molecule has 1 aliphatic rings. The van der Waals surface area contributed by atoms with Crippen LogP contribution in [0.2, 0.25) is 0 Å². The third-order valence-electron chi connectivity index (χ3n) is 2.67. The van der Waals surface area contributed by atoms with Gasteiger partial charge in [-0.1, -0.05) is 19.1 Å². The second kappa shape index (κ2) is 4.01. The van der Waals surface area contributed by atoms with Crippen molar-refractivity contribution in [1.82, 2.24) is 0 Å². The number of piperidine rings is 1. The monoisotopic (exact) mass is 207 g/mol. The van der Waals surface area contributed by atoms with Gasteiger partial charge in [-0.05, 0) is 18.1 Å². The van der Waals surface area contributed by atoms with Gasteiger partial charge in [0, 0.05) is 13.0 Å². The summed E-state index contributed by atoms with van der Waals surface area (Å²) in [6, 6.07) is 6.61. The molecule has 2 rings (SSSR count). The topological polar surface area (TPSA) is 20.3 Å². The predicted molar refractivity (Wildman–Crippen MR) is 57.4 cm³/mol. The molecule has 0 aromatic heterocycles. The zero-order valence-electron chi connectivity index (χ0n) is 8.74. The summed E-state index contributed by atoms with van der Waals surface area (Å²) in [5.41, 5.74) is 0.539. The Bertz CT molecular complexity index is 378. The molecule has 1 aromatic carbocycles. The Balaban J connectivity index is 2.23. The molecule has 0 bridgehead atoms. The van der Waals surface area contributed by atoms with Crippen LogP contribution in [0.15, 0.2) is 24.3 Å². The van der Waals surface area contributed by atoms with Gasteiger partial charge >= 0.3 is 0 Å². The van der Waals surface area contributed by atoms with E-state index in [9.17, 15) is 9.18 Å². The molecule has 1 atom stereocenters. The van der Waals surface area contributed by atoms with Crippen LogP contribution >= 0.6 is 0 Å². The van der Waals surface area contributed by atoms with Crippen LogP contribution in [-0.4, -0.2) is 18.9 Å². The summed E-state index contributed by atoms with van der Waals surface area (Å²) in [5, 5.41) is 0. The molecule has 1 aliphatic heterocycles. The van der Waals surface area contributed by atoms with Gasteiger partial charge in [-0.15, -0.1) is 0 Å². The minimum atomic E-state index is -0.251. The van der Waals surface area contributed by atoms with Gasteiger partial charge in [0.15, 0.2) is 5.78 Å². The molecule has 1 aromatic rings. The number of halogens is 1. The number of hydrogen-bond donors (Lipinski definition) is 0. The number of para-hydroxylation sites is 1. The standard InChI is InChI=1S/C12H14FNO/c1-9-6-10(15)8-14(7-9)12-5-3-2-4-11(12)13/h2-5,9H,6-8H2,1H3. The first kappa shape index (κ1) is 10.1. The van der Waals surface area contributed by atoms with Crippen molar-refractivity contribution in [3.8, 4) is 0 Å². The maximum Gasteiger partial charge on any atom is 0.152 e. The van der Waals surface area contributed by atoms with Gasteiger partial charge in [0.1, 0.15) is 5.82 Å². The number of carbonyl (C=O) groups excluding carboxylic acids is 1. The third-order valence-corrected chi connectivity index (χ3v) is 2.67. The van der Waals surface area contributed by atoms with Crippen molar-refractivity contribution in [1.29, 1.82) is 0 Å². The summed E-state index contributed by atoms with van der Waals surface area (Å²) in [4.78, 5) is 13.2. The van der Waals surface area contributed by atoms with Crippen LogP contribution in [0.5, 0.6) is 0 Å². The molecule has 0 aliphatic carbocycles. The highest BCUT2D eigenvalue weighted by molar-refractivity contribution is 5.85. The fourth-order valence-electron chi connectivity index (χ4n) is 2.06. The lowest BCUT2D eigenvalue weighted by Crippen LogP contribution is -2.40. The first-order valence-electron chi connectivity index (χ1n) is 5.18. The summed E-state index contributed by atoms with van der Waals surface area (Å²) in [7, 11) is 0. The zero-order valence-corrected chi connectivity index (χ0v) is 8.74. The number of benzene rings is 1. The van der Waals surface area contributed by atoms with Gasteiger partial charge in [-0.3, -0.25) is 4.79 Å². The van der Waals surface area contributed by atoms with Crippen LogP contribution in [0.3, 0.4) is 0 Å². The van der Waals surface area contributed by atoms with E-state index in [2.05, 4.69) is 0 Å². The molecule has 1 unspecified atom stereocenters. The SMILES string of the molecule is CC1CC(=O)CN(c2ccccc2F)C1. The summed E-state index contributed by atoms with van der Waals surface area (Å²) >= 11 is 0. The molecule has 1 heterocycles. The molecule has 80 valence electrons. The van der Waals surface area contributed by atoms with Gasteiger partial charge in [0.2, 0.25) is 0 Å². The fraction of sp³-hybridized carbons (Fsp3) is 0.417. The van der Waals surface area contributed by atoms with Crippen molar-refractivity contribution in [2.75, 3.05) is 18.0 Å². The molecular formula is C12H14FNO. The first-order chi connectivity index (χ1) is 7.16. The Kier molecular flexibility index (Phi) is 2.71. The summed E-state index contributed by atoms with van der Waals surface area (Å²) in [6.45, 7) is 3.11. The van der Waals surface area contributed by atoms with E-state index in [1.54, 1.807) is 18.2 Å². The zero-order chi connectivity index (χ0) is 10.8. The first-order valence-corrected chi connectivity index (χ1v) is 5.18. The highest BCUT2D eigenvalue weighted by Gasteiger charge is 2.23. The van der Waals surface area contributed by atoms with Crippen LogP contribution in [0.4, 0.5) is 10.1 Å². The number of hydrogen-bond acceptors (Lipinski definition) is 2. The lowest BCUT2D eigenvalue weighted by Gasteiger charge is -2.31. The minimum absolute atomic E-state index is 0.192. The summed E-state index contributed by atoms with van der Waals surface area (Å²) in [6.07, 6.45) is 0.616. The number of Topliss-reactive ketones (excluding diaryl/α,β-unsaturated/α-hetero) is 1. The molecule has 0 radical (unpaired) electrons. The quantitative estimate of drug-likeness (QED) is 0.704. The molecule has 15 heavy (non-hydrogen) atoms. The predicted octanol–water partition coefficient (Wildman–Crippen LogP) is 2.24. The van der Waals surface area contributed by atoms with Crippen LogP contribution in [0.25, 0.3) is 0 Å². The van der Waals surface area contributed by atoms with E-state index in [-0.39, 0.29) is 11.6 Å². The average molecular weight is 207 g/mol. The van der Waals surface area contributed by atoms with Crippen LogP contribution in [0.1, 0.15) is 13.3 Å². The van der Waals surface area contributed by atoms with Crippen molar-refractivity contribution in [2.45, 2.75) is 13.3 Å². The Morgan fingerprint density at radius 1 is 1.40 bits per heavy atom. The lowest BCUT2D eigenvalue weighted by atomic mass is 9.98. The smallest absolute Gasteiger partial charge is 0.152 e. The van der Waals surface area contributed by atoms with Crippen LogP contribution in [0, 0.1) is 11.7 Å². The number of anilines is 1. The molecule has 1 fully saturated rings. The van der Waals surface area contributed by atoms with E-state index < -0.39 is 0 Å². The number of nitrogens with zero attached hydrogens (tertiary/aromatic N) is 1. The fourth-order valence-corrected chi connectivity index (χ4v) is 2.06. The van der Waals surface area contributed by atoms with Crippen LogP contribution < -0.4 is 4.90 Å². The second-order valence-electron chi connectivity index (χ2n) is 4.18. The van der Waals surface area contributed by atoms with Gasteiger partial charge in [-0.2, -0.15) is 0 Å². The Labute approximate surface area is 88.7 Å². The molecule has 0 saturated carbocycles. The van der Waals surface area contributed by atoms with E-state index in [1.807, 2.05) is 11.8 Å². The van der Waals surface area contributed by atoms with Gasteiger partial charge < -0.3 is 4.90 Å². The normalized spacial score (nSPS) is 21.9. The van der Waals surface area contributed by atoms with Crippen molar-refractivity contribution in [3.05, 3.63) is 30.1 Å². The molecule has 2 nitrogen and oxygen atoms in total. The van der Waals surface area contributed by atoms with E-state index in [0.717, 1.165) is 6.54 Å². The third kappa shape index (κ3) is 2.17. The van der Waals surface area contributed by atoms with E-state index >= 15 is 0 Å². The van der Waals surface area contributed by atoms with E-state index in [0.29, 0.717) is 24.6 Å². The highest BCUT2D eigenvalue weighted by Crippen LogP contribution is 2.23. The van der Waals surface area contributed by atoms with Crippen molar-refractivity contribution in [2.24, 2.45) is 5.92 Å². The number of ketones is 1. The van der Waals surface area contributed by atoms with Crippen molar-refractivity contribution < 1.29 is 9.18 Å². The minimum Gasteiger partial charge on any atom is -0.362 e. The van der Waals surface area contributed by atoms with E-state index in [1.165, 1.54) is 6.07 Å². The maximum atomic E-state index is 13.5. The second-order valence-corrected chi connectivity index (χ2v) is 4.18. The number of rotatable bonds is 1. The molecular weight excluding hydrogens is 193 g/mol. The molecule has 0 amide bonds. The molecule has 0 spiro atoms. The lowest BCUT2D eigenvalue weighted by molar-refractivity contribution is -0.119. The van der Waals surface area contributed by atoms with E-state index in [4.69, 9.17) is 0 Å².